The van der Waals surface area contributed by atoms with Gasteiger partial charge in [-0.2, -0.15) is 0 Å². The van der Waals surface area contributed by atoms with Crippen LogP contribution in [0.1, 0.15) is 79.7 Å². The highest BCUT2D eigenvalue weighted by Gasteiger charge is 2.27. The van der Waals surface area contributed by atoms with Gasteiger partial charge in [-0.3, -0.25) is 0 Å². The Balaban J connectivity index is 0.00000146. The molecule has 1 aromatic carbocycles. The average molecular weight is 364 g/mol. The van der Waals surface area contributed by atoms with Crippen molar-refractivity contribution in [1.29, 1.82) is 0 Å². The number of amides is 1. The smallest absolute Gasteiger partial charge is 0.410 e. The normalized spacial score (nSPS) is 16.6. The van der Waals surface area contributed by atoms with Gasteiger partial charge in [0, 0.05) is 13.1 Å². The quantitative estimate of drug-likeness (QED) is 0.595. The largest absolute Gasteiger partial charge is 0.444 e. The van der Waals surface area contributed by atoms with Crippen molar-refractivity contribution in [3.05, 3.63) is 35.9 Å². The summed E-state index contributed by atoms with van der Waals surface area (Å²) in [6.45, 7) is 15.5. The van der Waals surface area contributed by atoms with Crippen LogP contribution in [-0.4, -0.2) is 29.7 Å². The van der Waals surface area contributed by atoms with Gasteiger partial charge < -0.3 is 9.64 Å². The summed E-state index contributed by atoms with van der Waals surface area (Å²) in [6.07, 6.45) is 5.68. The zero-order chi connectivity index (χ0) is 20.0. The maximum absolute atomic E-state index is 12.2. The van der Waals surface area contributed by atoms with E-state index in [1.807, 2.05) is 53.4 Å². The fraction of sp³-hybridized carbons (Fsp3) is 0.696. The van der Waals surface area contributed by atoms with Gasteiger partial charge >= 0.3 is 6.09 Å². The maximum atomic E-state index is 12.2. The van der Waals surface area contributed by atoms with Crippen molar-refractivity contribution in [2.24, 2.45) is 5.92 Å². The van der Waals surface area contributed by atoms with Gasteiger partial charge in [0.05, 0.1) is 0 Å². The van der Waals surface area contributed by atoms with Crippen LogP contribution in [0.5, 0.6) is 0 Å². The molecule has 1 heterocycles. The van der Waals surface area contributed by atoms with E-state index in [2.05, 4.69) is 30.3 Å². The Labute approximate surface area is 162 Å². The molecule has 1 fully saturated rings. The van der Waals surface area contributed by atoms with Gasteiger partial charge in [-0.1, -0.05) is 58.0 Å². The van der Waals surface area contributed by atoms with Crippen molar-refractivity contribution in [3.8, 4) is 0 Å². The minimum Gasteiger partial charge on any atom is -0.444 e. The van der Waals surface area contributed by atoms with E-state index in [-0.39, 0.29) is 6.09 Å². The second kappa shape index (κ2) is 13.7. The molecule has 0 bridgehead atoms. The van der Waals surface area contributed by atoms with E-state index >= 15 is 0 Å². The summed E-state index contributed by atoms with van der Waals surface area (Å²) in [5.41, 5.74) is 0.999. The van der Waals surface area contributed by atoms with Crippen molar-refractivity contribution in [2.75, 3.05) is 13.1 Å². The Kier molecular flexibility index (Phi) is 12.9. The lowest BCUT2D eigenvalue weighted by Crippen LogP contribution is -2.42. The molecule has 0 N–H and O–H groups in total. The Bertz CT molecular complexity index is 465. The van der Waals surface area contributed by atoms with Crippen LogP contribution in [0.2, 0.25) is 0 Å². The van der Waals surface area contributed by atoms with Crippen LogP contribution in [-0.2, 0) is 11.2 Å². The van der Waals surface area contributed by atoms with Crippen molar-refractivity contribution >= 4 is 6.09 Å². The monoisotopic (exact) mass is 363 g/mol. The third-order valence-electron chi connectivity index (χ3n) is 4.09. The minimum atomic E-state index is -0.405. The molecule has 1 saturated heterocycles. The number of likely N-dealkylation sites (tertiary alicyclic amines) is 1. The molecule has 3 heteroatoms. The van der Waals surface area contributed by atoms with E-state index in [9.17, 15) is 4.79 Å². The molecule has 1 aromatic rings. The third-order valence-corrected chi connectivity index (χ3v) is 4.09. The summed E-state index contributed by atoms with van der Waals surface area (Å²) in [6, 6.07) is 10.6. The van der Waals surface area contributed by atoms with Gasteiger partial charge in [-0.15, -0.1) is 0 Å². The maximum Gasteiger partial charge on any atom is 0.410 e. The number of carbonyl (C=O) groups is 1. The standard InChI is InChI=1S/C19H29NO2.2C2H6/c1-19(2,3)22-18(21)20-14-8-13-17(15-20)12-7-11-16-9-5-4-6-10-16;2*1-2/h4-6,9-10,17H,7-8,11-15H2,1-3H3;2*1-2H3. The van der Waals surface area contributed by atoms with E-state index in [4.69, 9.17) is 4.74 Å². The Hall–Kier alpha value is -1.51. The van der Waals surface area contributed by atoms with Gasteiger partial charge in [-0.25, -0.2) is 4.79 Å². The number of nitrogens with zero attached hydrogens (tertiary/aromatic N) is 1. The minimum absolute atomic E-state index is 0.153. The van der Waals surface area contributed by atoms with Crippen LogP contribution in [0.3, 0.4) is 0 Å². The molecule has 1 aliphatic heterocycles. The van der Waals surface area contributed by atoms with Crippen molar-refractivity contribution in [3.63, 3.8) is 0 Å². The molecule has 3 nitrogen and oxygen atoms in total. The number of rotatable bonds is 4. The van der Waals surface area contributed by atoms with Gasteiger partial charge in [0.1, 0.15) is 5.60 Å². The van der Waals surface area contributed by atoms with E-state index < -0.39 is 5.60 Å². The summed E-state index contributed by atoms with van der Waals surface area (Å²) in [5.74, 6) is 0.616. The molecule has 0 saturated carbocycles. The lowest BCUT2D eigenvalue weighted by atomic mass is 9.92. The molecule has 0 spiro atoms. The predicted molar refractivity (Wildman–Crippen MR) is 113 cm³/mol. The summed E-state index contributed by atoms with van der Waals surface area (Å²) in [5, 5.41) is 0. The summed E-state index contributed by atoms with van der Waals surface area (Å²) in [7, 11) is 0. The average Bonchev–Trinajstić information content (AvgIpc) is 2.65. The molecule has 0 radical (unpaired) electrons. The molecule has 150 valence electrons. The lowest BCUT2D eigenvalue weighted by molar-refractivity contribution is 0.0161. The van der Waals surface area contributed by atoms with Gasteiger partial charge in [-0.05, 0) is 64.4 Å². The highest BCUT2D eigenvalue weighted by Crippen LogP contribution is 2.23. The second-order valence-electron chi connectivity index (χ2n) is 7.31. The SMILES string of the molecule is CC.CC.CC(C)(C)OC(=O)N1CCCC(CCCc2ccccc2)C1. The number of carbonyl (C=O) groups excluding carboxylic acids is 1. The topological polar surface area (TPSA) is 29.5 Å². The zero-order valence-corrected chi connectivity index (χ0v) is 18.2. The van der Waals surface area contributed by atoms with Crippen LogP contribution in [0, 0.1) is 5.92 Å². The van der Waals surface area contributed by atoms with E-state index in [0.717, 1.165) is 25.9 Å². The number of hydrogen-bond acceptors (Lipinski definition) is 2. The molecule has 1 amide bonds. The number of aryl methyl sites for hydroxylation is 1. The summed E-state index contributed by atoms with van der Waals surface area (Å²) < 4.78 is 5.49. The molecule has 26 heavy (non-hydrogen) atoms. The molecule has 0 aromatic heterocycles. The molecule has 1 unspecified atom stereocenters. The van der Waals surface area contributed by atoms with Gasteiger partial charge in [0.2, 0.25) is 0 Å². The first-order chi connectivity index (χ1) is 12.4. The van der Waals surface area contributed by atoms with E-state index in [1.54, 1.807) is 0 Å². The van der Waals surface area contributed by atoms with Crippen LogP contribution in [0.4, 0.5) is 4.79 Å². The Morgan fingerprint density at radius 2 is 1.73 bits per heavy atom. The Morgan fingerprint density at radius 3 is 2.31 bits per heavy atom. The first-order valence-electron chi connectivity index (χ1n) is 10.5. The number of piperidine rings is 1. The van der Waals surface area contributed by atoms with Gasteiger partial charge in [0.15, 0.2) is 0 Å². The van der Waals surface area contributed by atoms with Crippen LogP contribution in [0.25, 0.3) is 0 Å². The summed E-state index contributed by atoms with van der Waals surface area (Å²) in [4.78, 5) is 14.0. The number of hydrogen-bond donors (Lipinski definition) is 0. The number of ether oxygens (including phenoxy) is 1. The molecule has 0 aliphatic carbocycles. The van der Waals surface area contributed by atoms with Crippen molar-refractivity contribution in [2.45, 2.75) is 86.2 Å². The zero-order valence-electron chi connectivity index (χ0n) is 18.2. The summed E-state index contributed by atoms with van der Waals surface area (Å²) >= 11 is 0. The highest BCUT2D eigenvalue weighted by molar-refractivity contribution is 5.68. The predicted octanol–water partition coefficient (Wildman–Crippen LogP) is 6.71. The van der Waals surface area contributed by atoms with Crippen LogP contribution < -0.4 is 0 Å². The molecule has 2 rings (SSSR count). The first-order valence-corrected chi connectivity index (χ1v) is 10.5. The van der Waals surface area contributed by atoms with E-state index in [0.29, 0.717) is 5.92 Å². The fourth-order valence-electron chi connectivity index (χ4n) is 3.03. The van der Waals surface area contributed by atoms with Crippen LogP contribution in [0.15, 0.2) is 30.3 Å². The molecule has 1 atom stereocenters. The molecular formula is C23H41NO2. The highest BCUT2D eigenvalue weighted by atomic mass is 16.6. The van der Waals surface area contributed by atoms with Gasteiger partial charge in [0.25, 0.3) is 0 Å². The first kappa shape index (κ1) is 24.5. The molecule has 1 aliphatic rings. The third kappa shape index (κ3) is 10.5. The number of benzene rings is 1. The van der Waals surface area contributed by atoms with E-state index in [1.165, 1.54) is 24.8 Å². The van der Waals surface area contributed by atoms with Crippen LogP contribution >= 0.6 is 0 Å². The second-order valence-corrected chi connectivity index (χ2v) is 7.31. The van der Waals surface area contributed by atoms with Crippen molar-refractivity contribution in [1.82, 2.24) is 4.90 Å². The van der Waals surface area contributed by atoms with Crippen molar-refractivity contribution < 1.29 is 9.53 Å². The lowest BCUT2D eigenvalue weighted by Gasteiger charge is -2.34. The Morgan fingerprint density at radius 1 is 1.12 bits per heavy atom. The fourth-order valence-corrected chi connectivity index (χ4v) is 3.03. The molecular weight excluding hydrogens is 322 g/mol.